The minimum absolute atomic E-state index is 0.168. The molecule has 14 heavy (non-hydrogen) atoms. The van der Waals surface area contributed by atoms with Crippen molar-refractivity contribution in [3.63, 3.8) is 0 Å². The van der Waals surface area contributed by atoms with Crippen LogP contribution in [-0.4, -0.2) is 12.6 Å². The minimum Gasteiger partial charge on any atom is -0.302 e. The zero-order valence-corrected chi connectivity index (χ0v) is 8.04. The highest BCUT2D eigenvalue weighted by Gasteiger charge is 1.97. The molecule has 0 aliphatic carbocycles. The van der Waals surface area contributed by atoms with Crippen molar-refractivity contribution in [2.75, 3.05) is 0 Å². The van der Waals surface area contributed by atoms with Gasteiger partial charge in [0.15, 0.2) is 0 Å². The zero-order valence-electron chi connectivity index (χ0n) is 7.29. The number of hydrogen-bond donors (Lipinski definition) is 0. The molecule has 0 N–H and O–H groups in total. The molecule has 0 fully saturated rings. The van der Waals surface area contributed by atoms with E-state index < -0.39 is 0 Å². The number of rotatable bonds is 2. The van der Waals surface area contributed by atoms with Crippen LogP contribution in [0.15, 0.2) is 18.2 Å². The van der Waals surface area contributed by atoms with E-state index in [1.54, 1.807) is 18.2 Å². The van der Waals surface area contributed by atoms with E-state index in [-0.39, 0.29) is 6.42 Å². The third-order valence-corrected chi connectivity index (χ3v) is 1.86. The van der Waals surface area contributed by atoms with Crippen molar-refractivity contribution in [3.8, 4) is 11.8 Å². The van der Waals surface area contributed by atoms with Crippen molar-refractivity contribution < 1.29 is 9.59 Å². The van der Waals surface area contributed by atoms with E-state index in [9.17, 15) is 9.59 Å². The lowest BCUT2D eigenvalue weighted by molar-refractivity contribution is -0.107. The van der Waals surface area contributed by atoms with Gasteiger partial charge in [0.25, 0.3) is 0 Å². The summed E-state index contributed by atoms with van der Waals surface area (Å²) in [7, 11) is 0. The highest BCUT2D eigenvalue weighted by Crippen LogP contribution is 2.15. The molecule has 0 bridgehead atoms. The summed E-state index contributed by atoms with van der Waals surface area (Å²) in [5, 5.41) is 0.481. The molecule has 0 amide bonds. The Hall–Kier alpha value is -1.59. The zero-order chi connectivity index (χ0) is 10.4. The second-order valence-electron chi connectivity index (χ2n) is 2.53. The van der Waals surface area contributed by atoms with Gasteiger partial charge in [-0.05, 0) is 12.1 Å². The summed E-state index contributed by atoms with van der Waals surface area (Å²) in [6.45, 7) is 0. The largest absolute Gasteiger partial charge is 0.302 e. The van der Waals surface area contributed by atoms with E-state index in [1.807, 2.05) is 0 Å². The first-order valence-electron chi connectivity index (χ1n) is 3.95. The first-order chi connectivity index (χ1) is 6.77. The smallest absolute Gasteiger partial charge is 0.150 e. The molecular formula is C11H7ClO2. The quantitative estimate of drug-likeness (QED) is 0.549. The molecule has 0 aliphatic heterocycles. The predicted octanol–water partition coefficient (Wildman–Crippen LogP) is 2.09. The predicted molar refractivity (Wildman–Crippen MR) is 54.4 cm³/mol. The van der Waals surface area contributed by atoms with Crippen molar-refractivity contribution in [3.05, 3.63) is 34.3 Å². The van der Waals surface area contributed by atoms with Gasteiger partial charge in [-0.2, -0.15) is 0 Å². The molecule has 0 heterocycles. The molecule has 2 nitrogen and oxygen atoms in total. The van der Waals surface area contributed by atoms with Crippen LogP contribution >= 0.6 is 11.6 Å². The first-order valence-corrected chi connectivity index (χ1v) is 4.33. The van der Waals surface area contributed by atoms with Crippen molar-refractivity contribution in [1.82, 2.24) is 0 Å². The van der Waals surface area contributed by atoms with Crippen molar-refractivity contribution >= 4 is 24.2 Å². The van der Waals surface area contributed by atoms with Gasteiger partial charge < -0.3 is 4.79 Å². The topological polar surface area (TPSA) is 34.1 Å². The van der Waals surface area contributed by atoms with Gasteiger partial charge in [-0.15, -0.1) is 0 Å². The molecule has 1 aromatic carbocycles. The van der Waals surface area contributed by atoms with Gasteiger partial charge >= 0.3 is 0 Å². The number of carbonyl (C=O) groups is 2. The SMILES string of the molecule is O=CCC#Cc1cc(C=O)ccc1Cl. The molecule has 1 rings (SSSR count). The maximum absolute atomic E-state index is 10.5. The Morgan fingerprint density at radius 1 is 1.36 bits per heavy atom. The first kappa shape index (κ1) is 10.5. The molecular weight excluding hydrogens is 200 g/mol. The summed E-state index contributed by atoms with van der Waals surface area (Å²) in [5.41, 5.74) is 1.09. The highest BCUT2D eigenvalue weighted by atomic mass is 35.5. The van der Waals surface area contributed by atoms with Crippen LogP contribution in [0.5, 0.6) is 0 Å². The third-order valence-electron chi connectivity index (χ3n) is 1.53. The fraction of sp³-hybridized carbons (Fsp3) is 0.0909. The molecule has 0 saturated carbocycles. The van der Waals surface area contributed by atoms with Crippen LogP contribution in [-0.2, 0) is 4.79 Å². The van der Waals surface area contributed by atoms with Crippen molar-refractivity contribution in [1.29, 1.82) is 0 Å². The molecule has 0 aromatic heterocycles. The summed E-state index contributed by atoms with van der Waals surface area (Å²) in [6, 6.07) is 4.81. The second kappa shape index (κ2) is 5.21. The van der Waals surface area contributed by atoms with Crippen LogP contribution in [0.1, 0.15) is 22.3 Å². The maximum atomic E-state index is 10.5. The second-order valence-corrected chi connectivity index (χ2v) is 2.94. The van der Waals surface area contributed by atoms with Crippen LogP contribution in [0, 0.1) is 11.8 Å². The Morgan fingerprint density at radius 2 is 2.14 bits per heavy atom. The number of benzene rings is 1. The number of halogens is 1. The fourth-order valence-corrected chi connectivity index (χ4v) is 1.06. The molecule has 0 atom stereocenters. The van der Waals surface area contributed by atoms with Gasteiger partial charge in [0.05, 0.1) is 11.4 Å². The van der Waals surface area contributed by atoms with Gasteiger partial charge in [0.2, 0.25) is 0 Å². The van der Waals surface area contributed by atoms with Gasteiger partial charge in [0, 0.05) is 11.1 Å². The molecule has 0 radical (unpaired) electrons. The van der Waals surface area contributed by atoms with Gasteiger partial charge in [0.1, 0.15) is 12.6 Å². The van der Waals surface area contributed by atoms with E-state index in [2.05, 4.69) is 11.8 Å². The van der Waals surface area contributed by atoms with E-state index in [1.165, 1.54) is 0 Å². The molecule has 0 saturated heterocycles. The summed E-state index contributed by atoms with van der Waals surface area (Å²) in [4.78, 5) is 20.5. The average Bonchev–Trinajstić information content (AvgIpc) is 2.21. The minimum atomic E-state index is 0.168. The van der Waals surface area contributed by atoms with Crippen molar-refractivity contribution in [2.45, 2.75) is 6.42 Å². The van der Waals surface area contributed by atoms with Crippen LogP contribution in [0.25, 0.3) is 0 Å². The third kappa shape index (κ3) is 2.72. The molecule has 70 valence electrons. The highest BCUT2D eigenvalue weighted by molar-refractivity contribution is 6.31. The number of aldehydes is 2. The monoisotopic (exact) mass is 206 g/mol. The Labute approximate surface area is 86.9 Å². The molecule has 0 spiro atoms. The van der Waals surface area contributed by atoms with E-state index in [0.717, 1.165) is 6.29 Å². The van der Waals surface area contributed by atoms with Crippen LogP contribution in [0.3, 0.4) is 0 Å². The lowest BCUT2D eigenvalue weighted by Crippen LogP contribution is -1.83. The van der Waals surface area contributed by atoms with Crippen molar-refractivity contribution in [2.24, 2.45) is 0 Å². The molecule has 0 unspecified atom stereocenters. The molecule has 3 heteroatoms. The summed E-state index contributed by atoms with van der Waals surface area (Å²) >= 11 is 5.83. The fourth-order valence-electron chi connectivity index (χ4n) is 0.900. The Balaban J connectivity index is 3.01. The lowest BCUT2D eigenvalue weighted by atomic mass is 10.1. The molecule has 1 aromatic rings. The average molecular weight is 207 g/mol. The van der Waals surface area contributed by atoms with Gasteiger partial charge in [-0.25, -0.2) is 0 Å². The Bertz CT molecular complexity index is 413. The molecule has 0 aliphatic rings. The summed E-state index contributed by atoms with van der Waals surface area (Å²) < 4.78 is 0. The van der Waals surface area contributed by atoms with Gasteiger partial charge in [-0.3, -0.25) is 4.79 Å². The van der Waals surface area contributed by atoms with Crippen LogP contribution in [0.4, 0.5) is 0 Å². The van der Waals surface area contributed by atoms with Crippen LogP contribution < -0.4 is 0 Å². The van der Waals surface area contributed by atoms with E-state index in [4.69, 9.17) is 11.6 Å². The number of hydrogen-bond acceptors (Lipinski definition) is 2. The van der Waals surface area contributed by atoms with Gasteiger partial charge in [-0.1, -0.05) is 29.5 Å². The summed E-state index contributed by atoms with van der Waals surface area (Å²) in [6.07, 6.45) is 1.60. The Kier molecular flexibility index (Phi) is 3.90. The Morgan fingerprint density at radius 3 is 2.79 bits per heavy atom. The number of carbonyl (C=O) groups excluding carboxylic acids is 2. The maximum Gasteiger partial charge on any atom is 0.150 e. The van der Waals surface area contributed by atoms with E-state index >= 15 is 0 Å². The van der Waals surface area contributed by atoms with Crippen LogP contribution in [0.2, 0.25) is 5.02 Å². The lowest BCUT2D eigenvalue weighted by Gasteiger charge is -1.95. The normalized spacial score (nSPS) is 8.64. The standard InChI is InChI=1S/C11H7ClO2/c12-11-5-4-9(8-14)7-10(11)3-1-2-6-13/h4-8H,2H2. The summed E-state index contributed by atoms with van der Waals surface area (Å²) in [5.74, 6) is 5.34. The van der Waals surface area contributed by atoms with E-state index in [0.29, 0.717) is 22.4 Å².